The molecule has 1 aromatic rings. The molecular weight excluding hydrogens is 260 g/mol. The Bertz CT molecular complexity index is 477. The average Bonchev–Trinajstić information content (AvgIpc) is 2.94. The summed E-state index contributed by atoms with van der Waals surface area (Å²) in [6.07, 6.45) is 4.35. The second-order valence-electron chi connectivity index (χ2n) is 4.91. The summed E-state index contributed by atoms with van der Waals surface area (Å²) in [5, 5.41) is 9.10. The molecule has 0 bridgehead atoms. The predicted molar refractivity (Wildman–Crippen MR) is 71.1 cm³/mol. The number of ether oxygens (including phenoxy) is 1. The number of aryl methyl sites for hydroxylation is 1. The number of nitrogens with zero attached hydrogens (tertiary/aromatic N) is 2. The highest BCUT2D eigenvalue weighted by molar-refractivity contribution is 5.78. The third-order valence-corrected chi connectivity index (χ3v) is 3.64. The van der Waals surface area contributed by atoms with Crippen LogP contribution in [-0.2, 0) is 20.7 Å². The Kier molecular flexibility index (Phi) is 4.68. The first-order valence-electron chi connectivity index (χ1n) is 6.54. The second kappa shape index (κ2) is 6.47. The molecule has 1 aliphatic rings. The Morgan fingerprint density at radius 1 is 1.40 bits per heavy atom. The van der Waals surface area contributed by atoms with Gasteiger partial charge in [-0.15, -0.1) is 0 Å². The van der Waals surface area contributed by atoms with E-state index in [9.17, 15) is 9.59 Å². The third kappa shape index (κ3) is 3.33. The molecule has 1 N–H and O–H groups in total. The van der Waals surface area contributed by atoms with Gasteiger partial charge in [-0.2, -0.15) is 0 Å². The average molecular weight is 278 g/mol. The number of likely N-dealkylation sites (N-methyl/N-ethyl adjacent to an activating group) is 1. The summed E-state index contributed by atoms with van der Waals surface area (Å²) in [5.41, 5.74) is 1.04. The number of carboxylic acids is 1. The second-order valence-corrected chi connectivity index (χ2v) is 4.91. The highest BCUT2D eigenvalue weighted by atomic mass is 16.5. The maximum absolute atomic E-state index is 12.1. The van der Waals surface area contributed by atoms with Gasteiger partial charge < -0.3 is 14.7 Å². The number of pyridine rings is 1. The Hall–Kier alpha value is -1.95. The van der Waals surface area contributed by atoms with E-state index in [1.165, 1.54) is 4.90 Å². The number of carboxylic acid groups (broad SMARTS) is 1. The van der Waals surface area contributed by atoms with Gasteiger partial charge in [0.15, 0.2) is 0 Å². The molecule has 1 saturated heterocycles. The highest BCUT2D eigenvalue weighted by Gasteiger charge is 2.38. The van der Waals surface area contributed by atoms with Gasteiger partial charge in [-0.25, -0.2) is 0 Å². The topological polar surface area (TPSA) is 79.7 Å². The van der Waals surface area contributed by atoms with Crippen LogP contribution in [0.1, 0.15) is 12.0 Å². The molecule has 0 saturated carbocycles. The first-order valence-corrected chi connectivity index (χ1v) is 6.54. The highest BCUT2D eigenvalue weighted by Crippen LogP contribution is 2.20. The summed E-state index contributed by atoms with van der Waals surface area (Å²) in [6.45, 7) is 0.455. The van der Waals surface area contributed by atoms with Gasteiger partial charge in [-0.1, -0.05) is 0 Å². The molecule has 6 heteroatoms. The Balaban J connectivity index is 1.90. The lowest BCUT2D eigenvalue weighted by Crippen LogP contribution is -2.44. The zero-order valence-corrected chi connectivity index (χ0v) is 11.4. The van der Waals surface area contributed by atoms with Crippen LogP contribution in [0.2, 0.25) is 0 Å². The van der Waals surface area contributed by atoms with E-state index in [2.05, 4.69) is 4.98 Å². The lowest BCUT2D eigenvalue weighted by atomic mass is 10.0. The van der Waals surface area contributed by atoms with E-state index in [-0.39, 0.29) is 25.2 Å². The summed E-state index contributed by atoms with van der Waals surface area (Å²) in [4.78, 5) is 28.7. The van der Waals surface area contributed by atoms with Crippen molar-refractivity contribution in [1.82, 2.24) is 9.88 Å². The van der Waals surface area contributed by atoms with Crippen molar-refractivity contribution in [3.63, 3.8) is 0 Å². The smallest absolute Gasteiger partial charge is 0.311 e. The number of amides is 1. The molecule has 108 valence electrons. The van der Waals surface area contributed by atoms with Gasteiger partial charge in [0.25, 0.3) is 0 Å². The molecule has 2 rings (SSSR count). The summed E-state index contributed by atoms with van der Waals surface area (Å²) in [5.74, 6) is -1.62. The largest absolute Gasteiger partial charge is 0.481 e. The van der Waals surface area contributed by atoms with Crippen LogP contribution in [0.5, 0.6) is 0 Å². The van der Waals surface area contributed by atoms with Crippen molar-refractivity contribution >= 4 is 11.9 Å². The first kappa shape index (κ1) is 14.5. The normalized spacial score (nSPS) is 21.6. The molecular formula is C14H18N2O4. The fourth-order valence-electron chi connectivity index (χ4n) is 2.32. The van der Waals surface area contributed by atoms with Crippen LogP contribution < -0.4 is 0 Å². The maximum Gasteiger partial charge on any atom is 0.311 e. The molecule has 0 radical (unpaired) electrons. The van der Waals surface area contributed by atoms with E-state index in [0.29, 0.717) is 12.8 Å². The van der Waals surface area contributed by atoms with Crippen LogP contribution in [0.15, 0.2) is 24.5 Å². The summed E-state index contributed by atoms with van der Waals surface area (Å²) >= 11 is 0. The molecule has 2 atom stereocenters. The minimum absolute atomic E-state index is 0.0661. The Labute approximate surface area is 117 Å². The van der Waals surface area contributed by atoms with E-state index < -0.39 is 11.9 Å². The van der Waals surface area contributed by atoms with Crippen molar-refractivity contribution in [2.75, 3.05) is 20.3 Å². The monoisotopic (exact) mass is 278 g/mol. The number of carbonyl (C=O) groups is 2. The molecule has 2 unspecified atom stereocenters. The van der Waals surface area contributed by atoms with Crippen molar-refractivity contribution in [1.29, 1.82) is 0 Å². The van der Waals surface area contributed by atoms with Crippen molar-refractivity contribution in [3.05, 3.63) is 30.1 Å². The fourth-order valence-corrected chi connectivity index (χ4v) is 2.32. The molecule has 20 heavy (non-hydrogen) atoms. The summed E-state index contributed by atoms with van der Waals surface area (Å²) in [6, 6.07) is 3.36. The molecule has 1 aromatic heterocycles. The van der Waals surface area contributed by atoms with Crippen LogP contribution in [0, 0.1) is 5.92 Å². The number of hydrogen-bond donors (Lipinski definition) is 1. The number of rotatable bonds is 5. The molecule has 0 aliphatic carbocycles. The third-order valence-electron chi connectivity index (χ3n) is 3.64. The SMILES string of the molecule is CN(C(=O)CCc1ccncc1)C1COCC1C(=O)O. The number of hydrogen-bond acceptors (Lipinski definition) is 4. The van der Waals surface area contributed by atoms with Gasteiger partial charge >= 0.3 is 5.97 Å². The van der Waals surface area contributed by atoms with Gasteiger partial charge in [0.05, 0.1) is 19.3 Å². The predicted octanol–water partition coefficient (Wildman–Crippen LogP) is 0.572. The molecule has 0 spiro atoms. The van der Waals surface area contributed by atoms with Gasteiger partial charge in [0.1, 0.15) is 5.92 Å². The van der Waals surface area contributed by atoms with Gasteiger partial charge in [-0.05, 0) is 24.1 Å². The van der Waals surface area contributed by atoms with Crippen LogP contribution in [-0.4, -0.2) is 53.2 Å². The lowest BCUT2D eigenvalue weighted by Gasteiger charge is -2.26. The van der Waals surface area contributed by atoms with Crippen molar-refractivity contribution < 1.29 is 19.4 Å². The number of aliphatic carboxylic acids is 1. The van der Waals surface area contributed by atoms with Gasteiger partial charge in [-0.3, -0.25) is 14.6 Å². The Morgan fingerprint density at radius 3 is 2.75 bits per heavy atom. The van der Waals surface area contributed by atoms with Crippen molar-refractivity contribution in [2.45, 2.75) is 18.9 Å². The molecule has 1 fully saturated rings. The zero-order chi connectivity index (χ0) is 14.5. The van der Waals surface area contributed by atoms with Gasteiger partial charge in [0.2, 0.25) is 5.91 Å². The standard InChI is InChI=1S/C14H18N2O4/c1-16(12-9-20-8-11(12)14(18)19)13(17)3-2-10-4-6-15-7-5-10/h4-7,11-12H,2-3,8-9H2,1H3,(H,18,19). The minimum atomic E-state index is -0.915. The first-order chi connectivity index (χ1) is 9.59. The van der Waals surface area contributed by atoms with E-state index in [4.69, 9.17) is 9.84 Å². The Morgan fingerprint density at radius 2 is 2.10 bits per heavy atom. The molecule has 1 amide bonds. The lowest BCUT2D eigenvalue weighted by molar-refractivity contribution is -0.144. The van der Waals surface area contributed by atoms with E-state index >= 15 is 0 Å². The fraction of sp³-hybridized carbons (Fsp3) is 0.500. The number of aromatic nitrogens is 1. The summed E-state index contributed by atoms with van der Waals surface area (Å²) < 4.78 is 5.18. The van der Waals surface area contributed by atoms with Crippen LogP contribution in [0.3, 0.4) is 0 Å². The van der Waals surface area contributed by atoms with Crippen LogP contribution in [0.4, 0.5) is 0 Å². The van der Waals surface area contributed by atoms with E-state index in [1.807, 2.05) is 12.1 Å². The maximum atomic E-state index is 12.1. The van der Waals surface area contributed by atoms with E-state index in [1.54, 1.807) is 19.4 Å². The quantitative estimate of drug-likeness (QED) is 0.852. The molecule has 2 heterocycles. The molecule has 6 nitrogen and oxygen atoms in total. The minimum Gasteiger partial charge on any atom is -0.481 e. The van der Waals surface area contributed by atoms with Crippen LogP contribution in [0.25, 0.3) is 0 Å². The molecule has 0 aromatic carbocycles. The summed E-state index contributed by atoms with van der Waals surface area (Å²) in [7, 11) is 1.64. The molecule has 1 aliphatic heterocycles. The van der Waals surface area contributed by atoms with Crippen molar-refractivity contribution in [2.24, 2.45) is 5.92 Å². The van der Waals surface area contributed by atoms with E-state index in [0.717, 1.165) is 5.56 Å². The van der Waals surface area contributed by atoms with Crippen molar-refractivity contribution in [3.8, 4) is 0 Å². The zero-order valence-electron chi connectivity index (χ0n) is 11.4. The van der Waals surface area contributed by atoms with Gasteiger partial charge in [0, 0.05) is 25.9 Å². The van der Waals surface area contributed by atoms with Crippen LogP contribution >= 0.6 is 0 Å². The number of carbonyl (C=O) groups excluding carboxylic acids is 1.